The Balaban J connectivity index is 2.35. The molecule has 3 heterocycles. The molecule has 7 nitrogen and oxygen atoms in total. The van der Waals surface area contributed by atoms with E-state index in [-0.39, 0.29) is 5.82 Å². The highest BCUT2D eigenvalue weighted by Crippen LogP contribution is 2.09. The molecule has 3 rings (SSSR count). The van der Waals surface area contributed by atoms with Gasteiger partial charge in [-0.2, -0.15) is 0 Å². The topological polar surface area (TPSA) is 75.9 Å². The predicted molar refractivity (Wildman–Crippen MR) is 72.0 cm³/mol. The SMILES string of the molecule is Cc1cc(C)c(-n2c(=O)n3n(c2=O)CCCC3)[n+]([O-])c1. The van der Waals surface area contributed by atoms with Crippen LogP contribution in [0.3, 0.4) is 0 Å². The first kappa shape index (κ1) is 12.7. The summed E-state index contributed by atoms with van der Waals surface area (Å²) in [5.41, 5.74) is 0.527. The van der Waals surface area contributed by atoms with Crippen molar-refractivity contribution in [3.05, 3.63) is 49.6 Å². The van der Waals surface area contributed by atoms with Crippen molar-refractivity contribution in [2.45, 2.75) is 39.8 Å². The quantitative estimate of drug-likeness (QED) is 0.536. The van der Waals surface area contributed by atoms with E-state index in [0.29, 0.717) is 23.4 Å². The summed E-state index contributed by atoms with van der Waals surface area (Å²) in [6, 6.07) is 1.79. The summed E-state index contributed by atoms with van der Waals surface area (Å²) in [5, 5.41) is 12.1. The molecular weight excluding hydrogens is 260 g/mol. The largest absolute Gasteiger partial charge is 0.711 e. The second-order valence-electron chi connectivity index (χ2n) is 5.20. The number of aryl methyl sites for hydroxylation is 2. The Labute approximate surface area is 114 Å². The summed E-state index contributed by atoms with van der Waals surface area (Å²) in [4.78, 5) is 24.8. The lowest BCUT2D eigenvalue weighted by atomic mass is 10.2. The number of pyridine rings is 1. The number of fused-ring (bicyclic) bond motifs is 1. The van der Waals surface area contributed by atoms with Crippen molar-refractivity contribution in [2.24, 2.45) is 0 Å². The highest BCUT2D eigenvalue weighted by molar-refractivity contribution is 5.30. The van der Waals surface area contributed by atoms with E-state index < -0.39 is 11.4 Å². The molecule has 20 heavy (non-hydrogen) atoms. The minimum atomic E-state index is -0.439. The van der Waals surface area contributed by atoms with Crippen molar-refractivity contribution < 1.29 is 4.73 Å². The Hall–Kier alpha value is -2.31. The van der Waals surface area contributed by atoms with Crippen LogP contribution in [0.4, 0.5) is 0 Å². The van der Waals surface area contributed by atoms with Gasteiger partial charge in [0.15, 0.2) is 0 Å². The molecule has 0 aromatic carbocycles. The highest BCUT2D eigenvalue weighted by Gasteiger charge is 2.28. The molecule has 0 fully saturated rings. The number of hydrogen-bond acceptors (Lipinski definition) is 3. The smallest absolute Gasteiger partial charge is 0.439 e. The van der Waals surface area contributed by atoms with Gasteiger partial charge >= 0.3 is 17.2 Å². The molecular formula is C13H16N4O3. The molecule has 0 N–H and O–H groups in total. The van der Waals surface area contributed by atoms with Crippen LogP contribution < -0.4 is 16.1 Å². The van der Waals surface area contributed by atoms with Crippen molar-refractivity contribution in [2.75, 3.05) is 0 Å². The lowest BCUT2D eigenvalue weighted by Crippen LogP contribution is -2.41. The molecule has 1 aliphatic rings. The second-order valence-corrected chi connectivity index (χ2v) is 5.20. The van der Waals surface area contributed by atoms with Gasteiger partial charge in [0.2, 0.25) is 0 Å². The van der Waals surface area contributed by atoms with Gasteiger partial charge in [-0.1, -0.05) is 4.57 Å². The summed E-state index contributed by atoms with van der Waals surface area (Å²) in [7, 11) is 0. The van der Waals surface area contributed by atoms with Gasteiger partial charge < -0.3 is 5.21 Å². The van der Waals surface area contributed by atoms with E-state index in [1.54, 1.807) is 19.9 Å². The molecule has 0 spiro atoms. The number of rotatable bonds is 1. The fourth-order valence-corrected chi connectivity index (χ4v) is 2.79. The van der Waals surface area contributed by atoms with Crippen LogP contribution in [0.25, 0.3) is 5.82 Å². The van der Waals surface area contributed by atoms with Gasteiger partial charge in [-0.25, -0.2) is 23.7 Å². The molecule has 106 valence electrons. The zero-order chi connectivity index (χ0) is 14.4. The first-order valence-corrected chi connectivity index (χ1v) is 6.64. The Morgan fingerprint density at radius 3 is 2.15 bits per heavy atom. The molecule has 0 aliphatic carbocycles. The van der Waals surface area contributed by atoms with Gasteiger partial charge in [0.25, 0.3) is 0 Å². The Bertz CT molecular complexity index is 736. The van der Waals surface area contributed by atoms with Crippen molar-refractivity contribution >= 4 is 0 Å². The average Bonchev–Trinajstić information content (AvgIpc) is 2.64. The van der Waals surface area contributed by atoms with Crippen LogP contribution in [-0.2, 0) is 13.1 Å². The summed E-state index contributed by atoms with van der Waals surface area (Å²) < 4.78 is 4.42. The van der Waals surface area contributed by atoms with E-state index in [0.717, 1.165) is 23.0 Å². The van der Waals surface area contributed by atoms with Crippen LogP contribution in [0.15, 0.2) is 21.9 Å². The molecule has 0 unspecified atom stereocenters. The van der Waals surface area contributed by atoms with Crippen LogP contribution in [0, 0.1) is 19.1 Å². The minimum absolute atomic E-state index is 0.0972. The van der Waals surface area contributed by atoms with Crippen LogP contribution >= 0.6 is 0 Å². The van der Waals surface area contributed by atoms with Gasteiger partial charge in [-0.3, -0.25) is 0 Å². The van der Waals surface area contributed by atoms with E-state index in [9.17, 15) is 14.8 Å². The van der Waals surface area contributed by atoms with E-state index in [1.807, 2.05) is 0 Å². The van der Waals surface area contributed by atoms with Crippen molar-refractivity contribution in [1.82, 2.24) is 13.9 Å². The standard InChI is InChI=1S/C13H16N4O3/c1-9-7-10(2)11(16(20)8-9)17-12(18)14-5-3-4-6-15(14)13(17)19/h7-8H,3-6H2,1-2H3. The Morgan fingerprint density at radius 1 is 1.10 bits per heavy atom. The summed E-state index contributed by atoms with van der Waals surface area (Å²) in [6.45, 7) is 4.56. The molecule has 7 heteroatoms. The fourth-order valence-electron chi connectivity index (χ4n) is 2.79. The van der Waals surface area contributed by atoms with Gasteiger partial charge in [-0.05, 0) is 38.3 Å². The van der Waals surface area contributed by atoms with Crippen molar-refractivity contribution in [1.29, 1.82) is 0 Å². The van der Waals surface area contributed by atoms with Crippen molar-refractivity contribution in [3.63, 3.8) is 0 Å². The summed E-state index contributed by atoms with van der Waals surface area (Å²) in [6.07, 6.45) is 3.11. The monoisotopic (exact) mass is 276 g/mol. The Morgan fingerprint density at radius 2 is 1.65 bits per heavy atom. The van der Waals surface area contributed by atoms with Gasteiger partial charge in [0.05, 0.1) is 6.20 Å². The lowest BCUT2D eigenvalue weighted by Gasteiger charge is -2.12. The third-order valence-corrected chi connectivity index (χ3v) is 3.64. The minimum Gasteiger partial charge on any atom is -0.711 e. The van der Waals surface area contributed by atoms with Crippen LogP contribution in [-0.4, -0.2) is 13.9 Å². The maximum Gasteiger partial charge on any atom is 0.439 e. The van der Waals surface area contributed by atoms with Gasteiger partial charge in [0, 0.05) is 18.7 Å². The predicted octanol–water partition coefficient (Wildman–Crippen LogP) is -0.155. The molecule has 2 aromatic heterocycles. The summed E-state index contributed by atoms with van der Waals surface area (Å²) in [5.74, 6) is 0.0972. The molecule has 0 saturated heterocycles. The molecule has 0 radical (unpaired) electrons. The van der Waals surface area contributed by atoms with E-state index in [1.165, 1.54) is 15.6 Å². The third-order valence-electron chi connectivity index (χ3n) is 3.64. The highest BCUT2D eigenvalue weighted by atomic mass is 16.5. The molecule has 1 aliphatic heterocycles. The van der Waals surface area contributed by atoms with E-state index >= 15 is 0 Å². The summed E-state index contributed by atoms with van der Waals surface area (Å²) >= 11 is 0. The van der Waals surface area contributed by atoms with Crippen LogP contribution in [0.5, 0.6) is 0 Å². The zero-order valence-corrected chi connectivity index (χ0v) is 11.5. The normalized spacial score (nSPS) is 14.3. The lowest BCUT2D eigenvalue weighted by molar-refractivity contribution is -0.600. The first-order chi connectivity index (χ1) is 9.50. The molecule has 0 amide bonds. The van der Waals surface area contributed by atoms with Crippen LogP contribution in [0.2, 0.25) is 0 Å². The second kappa shape index (κ2) is 4.36. The van der Waals surface area contributed by atoms with Crippen LogP contribution in [0.1, 0.15) is 24.0 Å². The number of hydrogen-bond donors (Lipinski definition) is 0. The van der Waals surface area contributed by atoms with Gasteiger partial charge in [-0.15, -0.1) is 0 Å². The van der Waals surface area contributed by atoms with E-state index in [2.05, 4.69) is 0 Å². The number of nitrogens with zero attached hydrogens (tertiary/aromatic N) is 4. The average molecular weight is 276 g/mol. The maximum atomic E-state index is 12.4. The third kappa shape index (κ3) is 1.70. The molecule has 0 saturated carbocycles. The molecule has 2 aromatic rings. The number of aromatic nitrogens is 4. The van der Waals surface area contributed by atoms with Gasteiger partial charge in [0.1, 0.15) is 0 Å². The van der Waals surface area contributed by atoms with E-state index in [4.69, 9.17) is 0 Å². The zero-order valence-electron chi connectivity index (χ0n) is 11.5. The Kier molecular flexibility index (Phi) is 2.77. The van der Waals surface area contributed by atoms with Crippen molar-refractivity contribution in [3.8, 4) is 5.82 Å². The first-order valence-electron chi connectivity index (χ1n) is 6.64. The fraction of sp³-hybridized carbons (Fsp3) is 0.462. The molecule has 0 bridgehead atoms. The molecule has 0 atom stereocenters. The maximum absolute atomic E-state index is 12.4.